The number of nitrogens with zero attached hydrogens (tertiary/aromatic N) is 2. The summed E-state index contributed by atoms with van der Waals surface area (Å²) < 4.78 is 12.4. The lowest BCUT2D eigenvalue weighted by atomic mass is 9.97. The van der Waals surface area contributed by atoms with Crippen LogP contribution in [0.25, 0.3) is 0 Å². The molecule has 0 atom stereocenters. The van der Waals surface area contributed by atoms with Crippen molar-refractivity contribution in [1.82, 2.24) is 14.9 Å². The van der Waals surface area contributed by atoms with E-state index in [0.717, 1.165) is 54.0 Å². The molecule has 2 heterocycles. The lowest BCUT2D eigenvalue weighted by Gasteiger charge is -2.22. The number of ether oxygens (including phenoxy) is 1. The van der Waals surface area contributed by atoms with Crippen LogP contribution in [0.15, 0.2) is 56.9 Å². The van der Waals surface area contributed by atoms with E-state index in [4.69, 9.17) is 9.15 Å². The zero-order chi connectivity index (χ0) is 21.6. The number of methoxy groups -OCH3 is 1. The van der Waals surface area contributed by atoms with Crippen molar-refractivity contribution >= 4 is 17.7 Å². The Bertz CT molecular complexity index is 1110. The van der Waals surface area contributed by atoms with E-state index in [-0.39, 0.29) is 17.3 Å². The van der Waals surface area contributed by atoms with Crippen LogP contribution in [0, 0.1) is 0 Å². The van der Waals surface area contributed by atoms with Crippen molar-refractivity contribution in [1.29, 1.82) is 0 Å². The second-order valence-electron chi connectivity index (χ2n) is 7.37. The maximum Gasteiger partial charge on any atom is 0.349 e. The van der Waals surface area contributed by atoms with E-state index >= 15 is 0 Å². The fourth-order valence-electron chi connectivity index (χ4n) is 3.82. The summed E-state index contributed by atoms with van der Waals surface area (Å²) >= 11 is 1.33. The monoisotopic (exact) mass is 439 g/mol. The predicted octanol–water partition coefficient (Wildman–Crippen LogP) is 3.18. The third-order valence-corrected chi connectivity index (χ3v) is 6.37. The van der Waals surface area contributed by atoms with Crippen LogP contribution in [-0.2, 0) is 30.7 Å². The minimum atomic E-state index is -0.297. The van der Waals surface area contributed by atoms with Gasteiger partial charge < -0.3 is 14.5 Å². The second kappa shape index (κ2) is 9.87. The van der Waals surface area contributed by atoms with E-state index in [2.05, 4.69) is 10.3 Å². The van der Waals surface area contributed by atoms with Gasteiger partial charge in [0.25, 0.3) is 0 Å². The number of carbonyl (C=O) groups is 1. The number of hydrogen-bond acceptors (Lipinski definition) is 6. The van der Waals surface area contributed by atoms with Gasteiger partial charge >= 0.3 is 5.69 Å². The fraction of sp³-hybridized carbons (Fsp3) is 0.348. The Morgan fingerprint density at radius 3 is 2.87 bits per heavy atom. The molecule has 1 aliphatic rings. The van der Waals surface area contributed by atoms with Crippen LogP contribution in [0.5, 0.6) is 5.75 Å². The summed E-state index contributed by atoms with van der Waals surface area (Å²) in [5, 5.41) is 3.59. The van der Waals surface area contributed by atoms with Gasteiger partial charge in [0, 0.05) is 23.4 Å². The molecule has 1 amide bonds. The number of rotatable bonds is 8. The zero-order valence-corrected chi connectivity index (χ0v) is 18.2. The van der Waals surface area contributed by atoms with E-state index in [9.17, 15) is 9.59 Å². The van der Waals surface area contributed by atoms with Gasteiger partial charge in [0.15, 0.2) is 0 Å². The van der Waals surface area contributed by atoms with E-state index in [0.29, 0.717) is 18.1 Å². The third kappa shape index (κ3) is 5.02. The maximum absolute atomic E-state index is 12.7. The highest BCUT2D eigenvalue weighted by Crippen LogP contribution is 2.28. The van der Waals surface area contributed by atoms with Gasteiger partial charge in [-0.15, -0.1) is 0 Å². The SMILES string of the molecule is COc1ccccc1CNC(=O)CSc1nc(=O)n(Cc2ccco2)c2c1CCCC2. The van der Waals surface area contributed by atoms with Crippen molar-refractivity contribution in [3.63, 3.8) is 0 Å². The van der Waals surface area contributed by atoms with Gasteiger partial charge in [0.1, 0.15) is 16.5 Å². The lowest BCUT2D eigenvalue weighted by molar-refractivity contribution is -0.118. The highest BCUT2D eigenvalue weighted by molar-refractivity contribution is 7.99. The quantitative estimate of drug-likeness (QED) is 0.429. The number of aromatic nitrogens is 2. The summed E-state index contributed by atoms with van der Waals surface area (Å²) in [4.78, 5) is 29.5. The fourth-order valence-corrected chi connectivity index (χ4v) is 4.72. The number of furan rings is 1. The van der Waals surface area contributed by atoms with E-state index in [1.807, 2.05) is 36.4 Å². The predicted molar refractivity (Wildman–Crippen MR) is 119 cm³/mol. The number of carbonyl (C=O) groups excluding carboxylic acids is 1. The van der Waals surface area contributed by atoms with Gasteiger partial charge in [-0.25, -0.2) is 4.79 Å². The smallest absolute Gasteiger partial charge is 0.349 e. The van der Waals surface area contributed by atoms with Gasteiger partial charge in [-0.1, -0.05) is 30.0 Å². The number of hydrogen-bond donors (Lipinski definition) is 1. The number of para-hydroxylation sites is 1. The molecule has 0 spiro atoms. The molecule has 0 radical (unpaired) electrons. The minimum Gasteiger partial charge on any atom is -0.496 e. The molecule has 0 saturated carbocycles. The Balaban J connectivity index is 1.45. The normalized spacial score (nSPS) is 12.9. The van der Waals surface area contributed by atoms with Crippen molar-refractivity contribution in [2.75, 3.05) is 12.9 Å². The first-order valence-corrected chi connectivity index (χ1v) is 11.3. The van der Waals surface area contributed by atoms with Crippen molar-refractivity contribution in [3.05, 3.63) is 75.7 Å². The first-order valence-electron chi connectivity index (χ1n) is 10.3. The van der Waals surface area contributed by atoms with Gasteiger partial charge in [0.05, 0.1) is 25.7 Å². The first kappa shape index (κ1) is 21.2. The average molecular weight is 440 g/mol. The molecular weight excluding hydrogens is 414 g/mol. The minimum absolute atomic E-state index is 0.109. The Hall–Kier alpha value is -3.00. The molecule has 1 N–H and O–H groups in total. The maximum atomic E-state index is 12.7. The summed E-state index contributed by atoms with van der Waals surface area (Å²) in [6.07, 6.45) is 5.40. The van der Waals surface area contributed by atoms with Gasteiger partial charge in [-0.2, -0.15) is 4.98 Å². The number of benzene rings is 1. The molecule has 0 unspecified atom stereocenters. The molecule has 1 aliphatic carbocycles. The molecule has 0 bridgehead atoms. The van der Waals surface area contributed by atoms with Gasteiger partial charge in [-0.3, -0.25) is 9.36 Å². The van der Waals surface area contributed by atoms with Crippen molar-refractivity contribution < 1.29 is 13.9 Å². The zero-order valence-electron chi connectivity index (χ0n) is 17.4. The number of amides is 1. The molecular formula is C23H25N3O4S. The first-order chi connectivity index (χ1) is 15.2. The molecule has 8 heteroatoms. The molecule has 0 saturated heterocycles. The summed E-state index contributed by atoms with van der Waals surface area (Å²) in [5.74, 6) is 1.57. The Morgan fingerprint density at radius 1 is 1.23 bits per heavy atom. The molecule has 162 valence electrons. The van der Waals surface area contributed by atoms with E-state index in [1.165, 1.54) is 11.8 Å². The molecule has 1 aromatic carbocycles. The second-order valence-corrected chi connectivity index (χ2v) is 8.34. The van der Waals surface area contributed by atoms with Crippen LogP contribution in [0.3, 0.4) is 0 Å². The molecule has 7 nitrogen and oxygen atoms in total. The lowest BCUT2D eigenvalue weighted by Crippen LogP contribution is -2.31. The molecule has 0 aliphatic heterocycles. The van der Waals surface area contributed by atoms with Crippen molar-refractivity contribution in [2.24, 2.45) is 0 Å². The Labute approximate surface area is 184 Å². The highest BCUT2D eigenvalue weighted by Gasteiger charge is 2.21. The molecule has 3 aromatic rings. The van der Waals surface area contributed by atoms with Gasteiger partial charge in [-0.05, 0) is 43.9 Å². The largest absolute Gasteiger partial charge is 0.496 e. The number of fused-ring (bicyclic) bond motifs is 1. The van der Waals surface area contributed by atoms with Crippen molar-refractivity contribution in [2.45, 2.75) is 43.8 Å². The Kier molecular flexibility index (Phi) is 6.76. The molecule has 2 aromatic heterocycles. The summed E-state index contributed by atoms with van der Waals surface area (Å²) in [6, 6.07) is 11.3. The van der Waals surface area contributed by atoms with E-state index in [1.54, 1.807) is 17.9 Å². The van der Waals surface area contributed by atoms with Gasteiger partial charge in [0.2, 0.25) is 5.91 Å². The standard InChI is InChI=1S/C23H25N3O4S/c1-29-20-11-5-2-7-16(20)13-24-21(27)15-31-22-18-9-3-4-10-19(18)26(23(28)25-22)14-17-8-6-12-30-17/h2,5-8,11-12H,3-4,9-10,13-15H2,1H3,(H,24,27). The summed E-state index contributed by atoms with van der Waals surface area (Å²) in [6.45, 7) is 0.769. The van der Waals surface area contributed by atoms with Crippen LogP contribution in [0.1, 0.15) is 35.4 Å². The third-order valence-electron chi connectivity index (χ3n) is 5.35. The number of thioether (sulfide) groups is 1. The van der Waals surface area contributed by atoms with Crippen LogP contribution in [0.2, 0.25) is 0 Å². The van der Waals surface area contributed by atoms with Crippen LogP contribution in [0.4, 0.5) is 0 Å². The van der Waals surface area contributed by atoms with Crippen molar-refractivity contribution in [3.8, 4) is 5.75 Å². The average Bonchev–Trinajstić information content (AvgIpc) is 3.32. The van der Waals surface area contributed by atoms with Crippen LogP contribution in [-0.4, -0.2) is 28.3 Å². The Morgan fingerprint density at radius 2 is 2.06 bits per heavy atom. The highest BCUT2D eigenvalue weighted by atomic mass is 32.2. The number of nitrogens with one attached hydrogen (secondary N) is 1. The summed E-state index contributed by atoms with van der Waals surface area (Å²) in [5.41, 5.74) is 2.72. The topological polar surface area (TPSA) is 86.4 Å². The van der Waals surface area contributed by atoms with Crippen LogP contribution >= 0.6 is 11.8 Å². The van der Waals surface area contributed by atoms with E-state index < -0.39 is 0 Å². The summed E-state index contributed by atoms with van der Waals surface area (Å²) in [7, 11) is 1.61. The van der Waals surface area contributed by atoms with Crippen LogP contribution < -0.4 is 15.7 Å². The molecule has 31 heavy (non-hydrogen) atoms. The molecule has 4 rings (SSSR count). The molecule has 0 fully saturated rings.